The van der Waals surface area contributed by atoms with E-state index in [0.29, 0.717) is 6.54 Å². The minimum Gasteiger partial charge on any atom is -0.497 e. The van der Waals surface area contributed by atoms with Gasteiger partial charge < -0.3 is 9.84 Å². The van der Waals surface area contributed by atoms with Crippen molar-refractivity contribution in [3.05, 3.63) is 29.8 Å². The summed E-state index contributed by atoms with van der Waals surface area (Å²) < 4.78 is 5.08. The number of rotatable bonds is 6. The summed E-state index contributed by atoms with van der Waals surface area (Å²) in [6.45, 7) is 3.26. The number of hydrogen-bond donors (Lipinski definition) is 1. The second-order valence-electron chi connectivity index (χ2n) is 3.66. The van der Waals surface area contributed by atoms with Crippen LogP contribution >= 0.6 is 0 Å². The molecule has 0 aliphatic carbocycles. The Bertz CT molecular complexity index is 370. The molecule has 1 unspecified atom stereocenters. The van der Waals surface area contributed by atoms with Crippen molar-refractivity contribution in [1.29, 1.82) is 5.26 Å². The van der Waals surface area contributed by atoms with Crippen LogP contribution in [0.5, 0.6) is 5.75 Å². The molecule has 4 nitrogen and oxygen atoms in total. The summed E-state index contributed by atoms with van der Waals surface area (Å²) in [4.78, 5) is 1.93. The predicted molar refractivity (Wildman–Crippen MR) is 65.7 cm³/mol. The molecule has 0 heterocycles. The summed E-state index contributed by atoms with van der Waals surface area (Å²) in [5.41, 5.74) is 0.920. The highest BCUT2D eigenvalue weighted by Gasteiger charge is 2.17. The maximum atomic E-state index is 9.23. The van der Waals surface area contributed by atoms with Gasteiger partial charge in [-0.3, -0.25) is 4.90 Å². The number of aliphatic hydroxyl groups is 1. The first-order valence-corrected chi connectivity index (χ1v) is 5.65. The molecular weight excluding hydrogens is 216 g/mol. The summed E-state index contributed by atoms with van der Waals surface area (Å²) in [5, 5.41) is 18.2. The van der Waals surface area contributed by atoms with Gasteiger partial charge in [-0.25, -0.2) is 0 Å². The van der Waals surface area contributed by atoms with E-state index in [4.69, 9.17) is 9.84 Å². The first-order valence-electron chi connectivity index (χ1n) is 5.65. The Labute approximate surface area is 102 Å². The molecule has 0 radical (unpaired) electrons. The van der Waals surface area contributed by atoms with Gasteiger partial charge in [-0.15, -0.1) is 0 Å². The Morgan fingerprint density at radius 1 is 1.41 bits per heavy atom. The molecule has 0 fully saturated rings. The van der Waals surface area contributed by atoms with Crippen LogP contribution < -0.4 is 4.74 Å². The fourth-order valence-corrected chi connectivity index (χ4v) is 1.75. The van der Waals surface area contributed by atoms with E-state index in [9.17, 15) is 5.26 Å². The number of methoxy groups -OCH3 is 1. The molecule has 0 aliphatic heterocycles. The molecule has 1 N–H and O–H groups in total. The van der Waals surface area contributed by atoms with Gasteiger partial charge >= 0.3 is 0 Å². The lowest BCUT2D eigenvalue weighted by atomic mass is 10.1. The molecule has 0 amide bonds. The van der Waals surface area contributed by atoms with Crippen molar-refractivity contribution in [2.45, 2.75) is 13.0 Å². The summed E-state index contributed by atoms with van der Waals surface area (Å²) in [6.07, 6.45) is 0. The van der Waals surface area contributed by atoms with Gasteiger partial charge in [-0.1, -0.05) is 19.1 Å². The van der Waals surface area contributed by atoms with Crippen LogP contribution in [-0.2, 0) is 0 Å². The zero-order valence-corrected chi connectivity index (χ0v) is 10.3. The van der Waals surface area contributed by atoms with Crippen molar-refractivity contribution in [3.8, 4) is 11.8 Å². The lowest BCUT2D eigenvalue weighted by Gasteiger charge is -2.25. The van der Waals surface area contributed by atoms with E-state index in [1.807, 2.05) is 36.1 Å². The molecule has 0 spiro atoms. The van der Waals surface area contributed by atoms with E-state index >= 15 is 0 Å². The first kappa shape index (κ1) is 13.5. The zero-order valence-electron chi connectivity index (χ0n) is 10.3. The molecule has 1 aromatic rings. The fourth-order valence-electron chi connectivity index (χ4n) is 1.75. The van der Waals surface area contributed by atoms with Gasteiger partial charge in [0, 0.05) is 6.54 Å². The Hall–Kier alpha value is -1.57. The molecule has 0 bridgehead atoms. The molecule has 0 saturated carbocycles. The summed E-state index contributed by atoms with van der Waals surface area (Å²) in [6, 6.07) is 9.39. The van der Waals surface area contributed by atoms with Crippen LogP contribution in [0.15, 0.2) is 24.3 Å². The normalized spacial score (nSPS) is 12.2. The van der Waals surface area contributed by atoms with E-state index in [2.05, 4.69) is 6.07 Å². The minimum atomic E-state index is -0.321. The Balaban J connectivity index is 2.88. The maximum absolute atomic E-state index is 9.23. The van der Waals surface area contributed by atoms with Crippen LogP contribution in [-0.4, -0.2) is 36.8 Å². The van der Waals surface area contributed by atoms with Crippen LogP contribution in [0, 0.1) is 11.3 Å². The Morgan fingerprint density at radius 2 is 2.06 bits per heavy atom. The number of nitriles is 1. The van der Waals surface area contributed by atoms with Gasteiger partial charge in [0.25, 0.3) is 0 Å². The highest BCUT2D eigenvalue weighted by Crippen LogP contribution is 2.22. The lowest BCUT2D eigenvalue weighted by molar-refractivity contribution is 0.180. The van der Waals surface area contributed by atoms with Crippen molar-refractivity contribution in [3.63, 3.8) is 0 Å². The number of likely N-dealkylation sites (N-methyl/N-ethyl adjacent to an activating group) is 1. The average molecular weight is 234 g/mol. The SMILES string of the molecule is CCN(CCO)C(C#N)c1ccc(OC)cc1. The molecule has 92 valence electrons. The number of hydrogen-bond acceptors (Lipinski definition) is 4. The number of nitrogens with zero attached hydrogens (tertiary/aromatic N) is 2. The summed E-state index contributed by atoms with van der Waals surface area (Å²) in [5.74, 6) is 0.774. The molecule has 17 heavy (non-hydrogen) atoms. The quantitative estimate of drug-likeness (QED) is 0.811. The standard InChI is InChI=1S/C13H18N2O2/c1-3-15(8-9-16)13(10-14)11-4-6-12(17-2)7-5-11/h4-7,13,16H,3,8-9H2,1-2H3. The maximum Gasteiger partial charge on any atom is 0.123 e. The van der Waals surface area contributed by atoms with Crippen molar-refractivity contribution in [1.82, 2.24) is 4.90 Å². The number of benzene rings is 1. The first-order chi connectivity index (χ1) is 8.26. The third-order valence-corrected chi connectivity index (χ3v) is 2.71. The fraction of sp³-hybridized carbons (Fsp3) is 0.462. The molecule has 4 heteroatoms. The molecular formula is C13H18N2O2. The highest BCUT2D eigenvalue weighted by molar-refractivity contribution is 5.31. The molecule has 1 aromatic carbocycles. The third kappa shape index (κ3) is 3.45. The van der Waals surface area contributed by atoms with Gasteiger partial charge in [0.15, 0.2) is 0 Å². The average Bonchev–Trinajstić information content (AvgIpc) is 2.39. The van der Waals surface area contributed by atoms with Crippen LogP contribution in [0.4, 0.5) is 0 Å². The van der Waals surface area contributed by atoms with Crippen LogP contribution in [0.2, 0.25) is 0 Å². The molecule has 1 rings (SSSR count). The van der Waals surface area contributed by atoms with Gasteiger partial charge in [0.2, 0.25) is 0 Å². The van der Waals surface area contributed by atoms with E-state index in [1.54, 1.807) is 7.11 Å². The topological polar surface area (TPSA) is 56.5 Å². The summed E-state index contributed by atoms with van der Waals surface area (Å²) in [7, 11) is 1.61. The van der Waals surface area contributed by atoms with Gasteiger partial charge in [-0.05, 0) is 24.2 Å². The third-order valence-electron chi connectivity index (χ3n) is 2.71. The second-order valence-corrected chi connectivity index (χ2v) is 3.66. The largest absolute Gasteiger partial charge is 0.497 e. The molecule has 0 saturated heterocycles. The Kier molecular flexibility index (Phi) is 5.47. The minimum absolute atomic E-state index is 0.0577. The van der Waals surface area contributed by atoms with Crippen molar-refractivity contribution in [2.24, 2.45) is 0 Å². The van der Waals surface area contributed by atoms with Gasteiger partial charge in [0.05, 0.1) is 19.8 Å². The van der Waals surface area contributed by atoms with Crippen molar-refractivity contribution >= 4 is 0 Å². The van der Waals surface area contributed by atoms with Gasteiger partial charge in [-0.2, -0.15) is 5.26 Å². The Morgan fingerprint density at radius 3 is 2.47 bits per heavy atom. The molecule has 1 atom stereocenters. The van der Waals surface area contributed by atoms with Gasteiger partial charge in [0.1, 0.15) is 11.8 Å². The van der Waals surface area contributed by atoms with Crippen LogP contribution in [0.1, 0.15) is 18.5 Å². The molecule has 0 aromatic heterocycles. The predicted octanol–water partition coefficient (Wildman–Crippen LogP) is 1.57. The van der Waals surface area contributed by atoms with Crippen molar-refractivity contribution < 1.29 is 9.84 Å². The van der Waals surface area contributed by atoms with Crippen molar-refractivity contribution in [2.75, 3.05) is 26.8 Å². The highest BCUT2D eigenvalue weighted by atomic mass is 16.5. The smallest absolute Gasteiger partial charge is 0.123 e. The monoisotopic (exact) mass is 234 g/mol. The lowest BCUT2D eigenvalue weighted by Crippen LogP contribution is -2.30. The van der Waals surface area contributed by atoms with E-state index in [0.717, 1.165) is 17.9 Å². The number of ether oxygens (including phenoxy) is 1. The van der Waals surface area contributed by atoms with E-state index in [-0.39, 0.29) is 12.6 Å². The summed E-state index contributed by atoms with van der Waals surface area (Å²) >= 11 is 0. The zero-order chi connectivity index (χ0) is 12.7. The van der Waals surface area contributed by atoms with E-state index < -0.39 is 0 Å². The van der Waals surface area contributed by atoms with Crippen LogP contribution in [0.3, 0.4) is 0 Å². The van der Waals surface area contributed by atoms with Crippen LogP contribution in [0.25, 0.3) is 0 Å². The molecule has 0 aliphatic rings. The number of aliphatic hydroxyl groups excluding tert-OH is 1. The second kappa shape index (κ2) is 6.89. The van der Waals surface area contributed by atoms with E-state index in [1.165, 1.54) is 0 Å².